The number of rotatable bonds is 3. The first-order chi connectivity index (χ1) is 11.9. The van der Waals surface area contributed by atoms with Crippen LogP contribution in [0.4, 0.5) is 0 Å². The smallest absolute Gasteiger partial charge is 0.264 e. The highest BCUT2D eigenvalue weighted by atomic mass is 32.2. The lowest BCUT2D eigenvalue weighted by atomic mass is 10.2. The Morgan fingerprint density at radius 1 is 1.12 bits per heavy atom. The summed E-state index contributed by atoms with van der Waals surface area (Å²) in [5.74, 6) is -0.0390. The van der Waals surface area contributed by atoms with Gasteiger partial charge in [0.1, 0.15) is 0 Å². The van der Waals surface area contributed by atoms with Crippen molar-refractivity contribution in [3.63, 3.8) is 0 Å². The van der Waals surface area contributed by atoms with Gasteiger partial charge in [-0.05, 0) is 48.2 Å². The number of piperazine rings is 1. The fourth-order valence-corrected chi connectivity index (χ4v) is 5.03. The van der Waals surface area contributed by atoms with Gasteiger partial charge in [-0.3, -0.25) is 4.79 Å². The van der Waals surface area contributed by atoms with Crippen LogP contribution in [0.15, 0.2) is 40.6 Å². The van der Waals surface area contributed by atoms with E-state index in [1.54, 1.807) is 4.90 Å². The number of thiophene rings is 1. The van der Waals surface area contributed by atoms with Gasteiger partial charge >= 0.3 is 0 Å². The van der Waals surface area contributed by atoms with Crippen LogP contribution in [0.2, 0.25) is 0 Å². The Labute approximate surface area is 151 Å². The molecule has 1 aromatic carbocycles. The van der Waals surface area contributed by atoms with E-state index in [1.807, 2.05) is 24.4 Å². The molecule has 0 bridgehead atoms. The second kappa shape index (κ2) is 6.96. The Balaban J connectivity index is 1.70. The first kappa shape index (κ1) is 17.6. The molecule has 1 amide bonds. The third-order valence-corrected chi connectivity index (χ3v) is 7.12. The third kappa shape index (κ3) is 3.44. The van der Waals surface area contributed by atoms with Crippen molar-refractivity contribution in [1.29, 1.82) is 5.26 Å². The van der Waals surface area contributed by atoms with E-state index >= 15 is 0 Å². The molecule has 1 fully saturated rings. The molecule has 0 atom stereocenters. The molecule has 1 aliphatic rings. The van der Waals surface area contributed by atoms with Crippen molar-refractivity contribution >= 4 is 27.3 Å². The maximum absolute atomic E-state index is 12.7. The second-order valence-corrected chi connectivity index (χ2v) is 8.62. The fourth-order valence-electron chi connectivity index (χ4n) is 2.72. The largest absolute Gasteiger partial charge is 0.335 e. The predicted molar refractivity (Wildman–Crippen MR) is 94.9 cm³/mol. The van der Waals surface area contributed by atoms with E-state index in [4.69, 9.17) is 5.26 Å². The molecule has 1 saturated heterocycles. The van der Waals surface area contributed by atoms with E-state index in [2.05, 4.69) is 0 Å². The van der Waals surface area contributed by atoms with Gasteiger partial charge in [0.15, 0.2) is 0 Å². The van der Waals surface area contributed by atoms with Gasteiger partial charge in [0.25, 0.3) is 5.91 Å². The zero-order chi connectivity index (χ0) is 18.0. The first-order valence-electron chi connectivity index (χ1n) is 7.77. The van der Waals surface area contributed by atoms with E-state index in [0.717, 1.165) is 5.56 Å². The standard InChI is InChI=1S/C17H17N3O3S2/c1-13-6-11-24-16(13)17(21)19-7-9-20(10-8-19)25(22,23)15-4-2-14(12-18)3-5-15/h2-6,11H,7-10H2,1H3. The Hall–Kier alpha value is -2.21. The number of nitrogens with zero attached hydrogens (tertiary/aromatic N) is 3. The van der Waals surface area contributed by atoms with Gasteiger partial charge in [-0.1, -0.05) is 0 Å². The summed E-state index contributed by atoms with van der Waals surface area (Å²) in [5, 5.41) is 10.7. The number of aryl methyl sites for hydroxylation is 1. The van der Waals surface area contributed by atoms with Crippen LogP contribution in [0.3, 0.4) is 0 Å². The van der Waals surface area contributed by atoms with Crippen LogP contribution in [0.1, 0.15) is 20.8 Å². The molecule has 25 heavy (non-hydrogen) atoms. The number of hydrogen-bond donors (Lipinski definition) is 0. The van der Waals surface area contributed by atoms with E-state index in [0.29, 0.717) is 23.5 Å². The van der Waals surface area contributed by atoms with E-state index < -0.39 is 10.0 Å². The lowest BCUT2D eigenvalue weighted by Crippen LogP contribution is -2.50. The summed E-state index contributed by atoms with van der Waals surface area (Å²) in [6.45, 7) is 3.16. The molecule has 2 heterocycles. The van der Waals surface area contributed by atoms with E-state index in [9.17, 15) is 13.2 Å². The number of sulfonamides is 1. The molecule has 1 aromatic heterocycles. The molecular formula is C17H17N3O3S2. The van der Waals surface area contributed by atoms with Gasteiger partial charge in [0, 0.05) is 26.2 Å². The van der Waals surface area contributed by atoms with Crippen molar-refractivity contribution in [3.8, 4) is 6.07 Å². The van der Waals surface area contributed by atoms with Crippen LogP contribution in [0.25, 0.3) is 0 Å². The monoisotopic (exact) mass is 375 g/mol. The number of carbonyl (C=O) groups excluding carboxylic acids is 1. The molecule has 130 valence electrons. The molecule has 1 aliphatic heterocycles. The number of carbonyl (C=O) groups is 1. The zero-order valence-corrected chi connectivity index (χ0v) is 15.3. The van der Waals surface area contributed by atoms with E-state index in [-0.39, 0.29) is 23.9 Å². The van der Waals surface area contributed by atoms with Gasteiger partial charge in [0.2, 0.25) is 10.0 Å². The molecule has 0 spiro atoms. The highest BCUT2D eigenvalue weighted by Crippen LogP contribution is 2.21. The van der Waals surface area contributed by atoms with Crippen molar-refractivity contribution in [2.45, 2.75) is 11.8 Å². The van der Waals surface area contributed by atoms with Crippen molar-refractivity contribution in [2.75, 3.05) is 26.2 Å². The SMILES string of the molecule is Cc1ccsc1C(=O)N1CCN(S(=O)(=O)c2ccc(C#N)cc2)CC1. The number of nitriles is 1. The molecular weight excluding hydrogens is 358 g/mol. The van der Waals surface area contributed by atoms with Gasteiger partial charge in [0.05, 0.1) is 21.4 Å². The molecule has 0 aliphatic carbocycles. The Morgan fingerprint density at radius 3 is 2.28 bits per heavy atom. The lowest BCUT2D eigenvalue weighted by molar-refractivity contribution is 0.0702. The number of amides is 1. The maximum atomic E-state index is 12.7. The van der Waals surface area contributed by atoms with Crippen LogP contribution >= 0.6 is 11.3 Å². The summed E-state index contributed by atoms with van der Waals surface area (Å²) in [7, 11) is -3.61. The fraction of sp³-hybridized carbons (Fsp3) is 0.294. The third-order valence-electron chi connectivity index (χ3n) is 4.20. The van der Waals surface area contributed by atoms with Gasteiger partial charge in [-0.2, -0.15) is 9.57 Å². The molecule has 0 saturated carbocycles. The van der Waals surface area contributed by atoms with Crippen molar-refractivity contribution in [3.05, 3.63) is 51.7 Å². The summed E-state index contributed by atoms with van der Waals surface area (Å²) in [5.41, 5.74) is 1.36. The quantitative estimate of drug-likeness (QED) is 0.822. The maximum Gasteiger partial charge on any atom is 0.264 e. The van der Waals surface area contributed by atoms with Gasteiger partial charge in [-0.25, -0.2) is 8.42 Å². The summed E-state index contributed by atoms with van der Waals surface area (Å²) in [4.78, 5) is 15.1. The average Bonchev–Trinajstić information content (AvgIpc) is 3.07. The normalized spacial score (nSPS) is 15.8. The number of benzene rings is 1. The molecule has 8 heteroatoms. The minimum atomic E-state index is -3.61. The summed E-state index contributed by atoms with van der Waals surface area (Å²) < 4.78 is 26.8. The predicted octanol–water partition coefficient (Wildman–Crippen LogP) is 2.07. The van der Waals surface area contributed by atoms with Crippen LogP contribution in [0.5, 0.6) is 0 Å². The molecule has 2 aromatic rings. The Bertz CT molecular complexity index is 919. The topological polar surface area (TPSA) is 81.5 Å². The van der Waals surface area contributed by atoms with Crippen LogP contribution < -0.4 is 0 Å². The summed E-state index contributed by atoms with van der Waals surface area (Å²) in [6.07, 6.45) is 0. The van der Waals surface area contributed by atoms with Gasteiger partial charge in [-0.15, -0.1) is 11.3 Å². The molecule has 3 rings (SSSR count). The average molecular weight is 375 g/mol. The molecule has 6 nitrogen and oxygen atoms in total. The van der Waals surface area contributed by atoms with E-state index in [1.165, 1.54) is 39.9 Å². The van der Waals surface area contributed by atoms with Crippen molar-refractivity contribution < 1.29 is 13.2 Å². The summed E-state index contributed by atoms with van der Waals surface area (Å²) in [6, 6.07) is 9.75. The zero-order valence-electron chi connectivity index (χ0n) is 13.7. The van der Waals surface area contributed by atoms with Crippen LogP contribution in [0, 0.1) is 18.3 Å². The minimum Gasteiger partial charge on any atom is -0.335 e. The highest BCUT2D eigenvalue weighted by molar-refractivity contribution is 7.89. The van der Waals surface area contributed by atoms with Crippen molar-refractivity contribution in [2.24, 2.45) is 0 Å². The van der Waals surface area contributed by atoms with Crippen LogP contribution in [-0.2, 0) is 10.0 Å². The minimum absolute atomic E-state index is 0.0390. The Kier molecular flexibility index (Phi) is 4.90. The Morgan fingerprint density at radius 2 is 1.76 bits per heavy atom. The highest BCUT2D eigenvalue weighted by Gasteiger charge is 2.31. The molecule has 0 radical (unpaired) electrons. The molecule has 0 unspecified atom stereocenters. The van der Waals surface area contributed by atoms with Crippen LogP contribution in [-0.4, -0.2) is 49.7 Å². The lowest BCUT2D eigenvalue weighted by Gasteiger charge is -2.34. The summed E-state index contributed by atoms with van der Waals surface area (Å²) >= 11 is 1.41. The number of hydrogen-bond acceptors (Lipinski definition) is 5. The van der Waals surface area contributed by atoms with Gasteiger partial charge < -0.3 is 4.90 Å². The molecule has 0 N–H and O–H groups in total. The first-order valence-corrected chi connectivity index (χ1v) is 10.1. The van der Waals surface area contributed by atoms with Crippen molar-refractivity contribution in [1.82, 2.24) is 9.21 Å². The second-order valence-electron chi connectivity index (χ2n) is 5.77.